The standard InChI is InChI=1S/C21H19N3O4S/c25-19(23(13-15-5-3-11-28-15)14-16-6-4-12-29-16)9-10-24-18-8-2-1-7-17(18)20(26)22-21(24)27/h1-8,11-12H,9-10,13-14H2,(H,22,26,27). The van der Waals surface area contributed by atoms with Crippen molar-refractivity contribution in [1.29, 1.82) is 0 Å². The van der Waals surface area contributed by atoms with Gasteiger partial charge in [0.15, 0.2) is 0 Å². The number of nitrogens with one attached hydrogen (secondary N) is 1. The van der Waals surface area contributed by atoms with Crippen molar-refractivity contribution in [3.63, 3.8) is 0 Å². The summed E-state index contributed by atoms with van der Waals surface area (Å²) >= 11 is 1.58. The van der Waals surface area contributed by atoms with Crippen LogP contribution in [-0.2, 0) is 24.4 Å². The van der Waals surface area contributed by atoms with E-state index in [1.165, 1.54) is 4.57 Å². The molecule has 4 aromatic rings. The molecule has 0 saturated carbocycles. The normalized spacial score (nSPS) is 11.0. The zero-order chi connectivity index (χ0) is 20.2. The predicted molar refractivity (Wildman–Crippen MR) is 111 cm³/mol. The van der Waals surface area contributed by atoms with Crippen molar-refractivity contribution in [2.75, 3.05) is 0 Å². The van der Waals surface area contributed by atoms with Crippen LogP contribution in [0.5, 0.6) is 0 Å². The molecule has 4 rings (SSSR count). The van der Waals surface area contributed by atoms with E-state index in [9.17, 15) is 14.4 Å². The molecule has 3 heterocycles. The summed E-state index contributed by atoms with van der Waals surface area (Å²) in [6.07, 6.45) is 1.71. The van der Waals surface area contributed by atoms with Gasteiger partial charge >= 0.3 is 5.69 Å². The van der Waals surface area contributed by atoms with Crippen molar-refractivity contribution in [3.05, 3.63) is 91.6 Å². The quantitative estimate of drug-likeness (QED) is 0.508. The summed E-state index contributed by atoms with van der Waals surface area (Å²) in [5.74, 6) is 0.596. The number of hydrogen-bond donors (Lipinski definition) is 1. The molecule has 8 heteroatoms. The molecule has 0 spiro atoms. The van der Waals surface area contributed by atoms with E-state index in [-0.39, 0.29) is 18.9 Å². The van der Waals surface area contributed by atoms with Gasteiger partial charge in [-0.3, -0.25) is 19.1 Å². The molecule has 0 saturated heterocycles. The Balaban J connectivity index is 1.56. The molecular formula is C21H19N3O4S. The SMILES string of the molecule is O=C(CCn1c(=O)[nH]c(=O)c2ccccc21)N(Cc1ccco1)Cc1cccs1. The summed E-state index contributed by atoms with van der Waals surface area (Å²) in [6.45, 7) is 0.998. The van der Waals surface area contributed by atoms with E-state index in [1.54, 1.807) is 52.8 Å². The van der Waals surface area contributed by atoms with Gasteiger partial charge in [-0.25, -0.2) is 4.79 Å². The number of H-pyrrole nitrogens is 1. The minimum atomic E-state index is -0.516. The van der Waals surface area contributed by atoms with E-state index in [0.717, 1.165) is 4.88 Å². The van der Waals surface area contributed by atoms with E-state index in [2.05, 4.69) is 4.98 Å². The van der Waals surface area contributed by atoms with Crippen molar-refractivity contribution in [2.24, 2.45) is 0 Å². The van der Waals surface area contributed by atoms with Gasteiger partial charge in [0, 0.05) is 17.8 Å². The van der Waals surface area contributed by atoms with Gasteiger partial charge in [-0.2, -0.15) is 0 Å². The average Bonchev–Trinajstić information content (AvgIpc) is 3.41. The first kappa shape index (κ1) is 18.9. The summed E-state index contributed by atoms with van der Waals surface area (Å²) in [7, 11) is 0. The van der Waals surface area contributed by atoms with Gasteiger partial charge in [-0.15, -0.1) is 11.3 Å². The van der Waals surface area contributed by atoms with Crippen LogP contribution in [0, 0.1) is 0 Å². The number of carbonyl (C=O) groups is 1. The smallest absolute Gasteiger partial charge is 0.328 e. The lowest BCUT2D eigenvalue weighted by Gasteiger charge is -2.21. The van der Waals surface area contributed by atoms with Gasteiger partial charge in [0.2, 0.25) is 5.91 Å². The number of aryl methyl sites for hydroxylation is 1. The number of carbonyl (C=O) groups excluding carboxylic acids is 1. The molecule has 3 aromatic heterocycles. The third kappa shape index (κ3) is 4.22. The number of thiophene rings is 1. The highest BCUT2D eigenvalue weighted by atomic mass is 32.1. The number of para-hydroxylation sites is 1. The molecule has 0 fully saturated rings. The zero-order valence-electron chi connectivity index (χ0n) is 15.5. The first-order valence-corrected chi connectivity index (χ1v) is 10.0. The van der Waals surface area contributed by atoms with Gasteiger partial charge in [-0.1, -0.05) is 18.2 Å². The summed E-state index contributed by atoms with van der Waals surface area (Å²) in [4.78, 5) is 42.4. The van der Waals surface area contributed by atoms with Gasteiger partial charge in [0.05, 0.1) is 30.3 Å². The number of fused-ring (bicyclic) bond motifs is 1. The van der Waals surface area contributed by atoms with Crippen LogP contribution in [0.15, 0.2) is 74.2 Å². The Kier molecular flexibility index (Phi) is 5.44. The highest BCUT2D eigenvalue weighted by molar-refractivity contribution is 7.09. The molecule has 148 valence electrons. The lowest BCUT2D eigenvalue weighted by Crippen LogP contribution is -2.34. The van der Waals surface area contributed by atoms with Crippen LogP contribution in [0.25, 0.3) is 10.9 Å². The summed E-state index contributed by atoms with van der Waals surface area (Å²) in [5, 5.41) is 2.39. The number of furan rings is 1. The third-order valence-electron chi connectivity index (χ3n) is 4.66. The Hall–Kier alpha value is -3.39. The molecule has 0 aliphatic rings. The molecule has 0 unspecified atom stereocenters. The maximum Gasteiger partial charge on any atom is 0.328 e. The molecule has 1 aromatic carbocycles. The van der Waals surface area contributed by atoms with E-state index < -0.39 is 11.2 Å². The zero-order valence-corrected chi connectivity index (χ0v) is 16.4. The Morgan fingerprint density at radius 3 is 2.69 bits per heavy atom. The fourth-order valence-electron chi connectivity index (χ4n) is 3.24. The Labute approximate surface area is 169 Å². The van der Waals surface area contributed by atoms with Crippen LogP contribution in [0.3, 0.4) is 0 Å². The largest absolute Gasteiger partial charge is 0.467 e. The van der Waals surface area contributed by atoms with Crippen LogP contribution in [0.4, 0.5) is 0 Å². The fourth-order valence-corrected chi connectivity index (χ4v) is 3.96. The number of aromatic nitrogens is 2. The first-order chi connectivity index (χ1) is 14.1. The van der Waals surface area contributed by atoms with E-state index in [4.69, 9.17) is 4.42 Å². The Bertz CT molecular complexity index is 1190. The topological polar surface area (TPSA) is 88.3 Å². The Morgan fingerprint density at radius 1 is 1.07 bits per heavy atom. The average molecular weight is 409 g/mol. The minimum Gasteiger partial charge on any atom is -0.467 e. The number of nitrogens with zero attached hydrogens (tertiary/aromatic N) is 2. The molecule has 7 nitrogen and oxygen atoms in total. The second kappa shape index (κ2) is 8.32. The van der Waals surface area contributed by atoms with Gasteiger partial charge in [-0.05, 0) is 35.7 Å². The molecule has 1 N–H and O–H groups in total. The van der Waals surface area contributed by atoms with Crippen molar-refractivity contribution < 1.29 is 9.21 Å². The van der Waals surface area contributed by atoms with Gasteiger partial charge < -0.3 is 9.32 Å². The molecule has 0 aliphatic carbocycles. The highest BCUT2D eigenvalue weighted by Gasteiger charge is 2.17. The molecule has 1 amide bonds. The molecule has 0 bridgehead atoms. The number of amides is 1. The lowest BCUT2D eigenvalue weighted by molar-refractivity contribution is -0.132. The van der Waals surface area contributed by atoms with E-state index in [1.807, 2.05) is 23.6 Å². The van der Waals surface area contributed by atoms with Crippen molar-refractivity contribution in [1.82, 2.24) is 14.5 Å². The van der Waals surface area contributed by atoms with E-state index >= 15 is 0 Å². The number of benzene rings is 1. The second-order valence-electron chi connectivity index (χ2n) is 6.59. The predicted octanol–water partition coefficient (Wildman–Crippen LogP) is 2.96. The van der Waals surface area contributed by atoms with E-state index in [0.29, 0.717) is 29.8 Å². The molecule has 0 aliphatic heterocycles. The third-order valence-corrected chi connectivity index (χ3v) is 5.52. The number of hydrogen-bond acceptors (Lipinski definition) is 5. The Morgan fingerprint density at radius 2 is 1.93 bits per heavy atom. The van der Waals surface area contributed by atoms with Gasteiger partial charge in [0.25, 0.3) is 5.56 Å². The van der Waals surface area contributed by atoms with Crippen LogP contribution in [0.1, 0.15) is 17.1 Å². The summed E-state index contributed by atoms with van der Waals surface area (Å²) in [5.41, 5.74) is -0.424. The number of aromatic amines is 1. The molecule has 29 heavy (non-hydrogen) atoms. The molecular weight excluding hydrogens is 390 g/mol. The van der Waals surface area contributed by atoms with Crippen LogP contribution in [0.2, 0.25) is 0 Å². The summed E-state index contributed by atoms with van der Waals surface area (Å²) < 4.78 is 6.84. The maximum absolute atomic E-state index is 13.0. The minimum absolute atomic E-state index is 0.100. The maximum atomic E-state index is 13.0. The lowest BCUT2D eigenvalue weighted by atomic mass is 10.2. The van der Waals surface area contributed by atoms with Gasteiger partial charge in [0.1, 0.15) is 5.76 Å². The highest BCUT2D eigenvalue weighted by Crippen LogP contribution is 2.16. The van der Waals surface area contributed by atoms with Crippen LogP contribution in [-0.4, -0.2) is 20.4 Å². The van der Waals surface area contributed by atoms with Crippen molar-refractivity contribution in [3.8, 4) is 0 Å². The van der Waals surface area contributed by atoms with Crippen molar-refractivity contribution in [2.45, 2.75) is 26.1 Å². The fraction of sp³-hybridized carbons (Fsp3) is 0.190. The van der Waals surface area contributed by atoms with Crippen molar-refractivity contribution >= 4 is 28.1 Å². The molecule has 0 atom stereocenters. The van der Waals surface area contributed by atoms with Crippen LogP contribution < -0.4 is 11.2 Å². The summed E-state index contributed by atoms with van der Waals surface area (Å²) in [6, 6.07) is 14.4. The van der Waals surface area contributed by atoms with Crippen LogP contribution >= 0.6 is 11.3 Å². The monoisotopic (exact) mass is 409 g/mol. The first-order valence-electron chi connectivity index (χ1n) is 9.16. The second-order valence-corrected chi connectivity index (χ2v) is 7.62. The molecule has 0 radical (unpaired) electrons. The number of rotatable bonds is 7.